The molecule has 33 heavy (non-hydrogen) atoms. The Bertz CT molecular complexity index is 1150. The first kappa shape index (κ1) is 22.3. The molecule has 168 valence electrons. The lowest BCUT2D eigenvalue weighted by atomic mass is 10.0. The summed E-state index contributed by atoms with van der Waals surface area (Å²) in [6.45, 7) is 0.463. The van der Waals surface area contributed by atoms with Crippen LogP contribution in [0.1, 0.15) is 27.5 Å². The number of carbonyl (C=O) groups is 2. The van der Waals surface area contributed by atoms with Crippen molar-refractivity contribution >= 4 is 11.8 Å². The van der Waals surface area contributed by atoms with Gasteiger partial charge in [-0.05, 0) is 47.5 Å². The van der Waals surface area contributed by atoms with Crippen LogP contribution in [0.15, 0.2) is 91.0 Å². The van der Waals surface area contributed by atoms with Gasteiger partial charge in [0.2, 0.25) is 5.91 Å². The SMILES string of the molecule is COc1ccc(C2/C=C\CN(C(=O)c3ccccc3)CC(=O)N2Cc2cccc(F)c2)cc1. The van der Waals surface area contributed by atoms with Crippen molar-refractivity contribution in [2.24, 2.45) is 0 Å². The number of carbonyl (C=O) groups excluding carboxylic acids is 2. The second-order valence-corrected chi connectivity index (χ2v) is 7.85. The summed E-state index contributed by atoms with van der Waals surface area (Å²) in [7, 11) is 1.60. The van der Waals surface area contributed by atoms with E-state index in [2.05, 4.69) is 0 Å². The van der Waals surface area contributed by atoms with Crippen LogP contribution in [0.4, 0.5) is 4.39 Å². The van der Waals surface area contributed by atoms with E-state index in [1.807, 2.05) is 42.5 Å². The van der Waals surface area contributed by atoms with Gasteiger partial charge in [-0.1, -0.05) is 54.6 Å². The summed E-state index contributed by atoms with van der Waals surface area (Å²) >= 11 is 0. The smallest absolute Gasteiger partial charge is 0.254 e. The molecule has 0 aliphatic carbocycles. The summed E-state index contributed by atoms with van der Waals surface area (Å²) in [6, 6.07) is 22.3. The summed E-state index contributed by atoms with van der Waals surface area (Å²) in [4.78, 5) is 29.7. The van der Waals surface area contributed by atoms with Crippen molar-refractivity contribution < 1.29 is 18.7 Å². The van der Waals surface area contributed by atoms with Crippen LogP contribution in [0.2, 0.25) is 0 Å². The molecule has 2 amide bonds. The van der Waals surface area contributed by atoms with Crippen molar-refractivity contribution in [3.8, 4) is 5.75 Å². The van der Waals surface area contributed by atoms with Crippen LogP contribution in [-0.2, 0) is 11.3 Å². The summed E-state index contributed by atoms with van der Waals surface area (Å²) in [5.41, 5.74) is 2.11. The van der Waals surface area contributed by atoms with Crippen LogP contribution in [-0.4, -0.2) is 41.8 Å². The first-order chi connectivity index (χ1) is 16.0. The van der Waals surface area contributed by atoms with Crippen molar-refractivity contribution in [1.29, 1.82) is 0 Å². The van der Waals surface area contributed by atoms with Gasteiger partial charge in [-0.3, -0.25) is 9.59 Å². The minimum Gasteiger partial charge on any atom is -0.497 e. The summed E-state index contributed by atoms with van der Waals surface area (Å²) < 4.78 is 19.1. The molecule has 3 aromatic rings. The molecule has 1 aliphatic rings. The number of amides is 2. The van der Waals surface area contributed by atoms with Gasteiger partial charge in [-0.25, -0.2) is 4.39 Å². The highest BCUT2D eigenvalue weighted by atomic mass is 19.1. The Kier molecular flexibility index (Phi) is 6.83. The van der Waals surface area contributed by atoms with Gasteiger partial charge in [0.05, 0.1) is 13.2 Å². The predicted molar refractivity (Wildman–Crippen MR) is 124 cm³/mol. The Balaban J connectivity index is 1.67. The van der Waals surface area contributed by atoms with E-state index in [1.54, 1.807) is 48.4 Å². The fourth-order valence-corrected chi connectivity index (χ4v) is 3.92. The molecular weight excluding hydrogens is 419 g/mol. The number of hydrogen-bond donors (Lipinski definition) is 0. The Morgan fingerprint density at radius 1 is 1.03 bits per heavy atom. The van der Waals surface area contributed by atoms with E-state index in [4.69, 9.17) is 4.74 Å². The van der Waals surface area contributed by atoms with Gasteiger partial charge in [0.1, 0.15) is 18.1 Å². The monoisotopic (exact) mass is 444 g/mol. The highest BCUT2D eigenvalue weighted by Crippen LogP contribution is 2.28. The van der Waals surface area contributed by atoms with Crippen molar-refractivity contribution in [2.75, 3.05) is 20.2 Å². The third-order valence-corrected chi connectivity index (χ3v) is 5.63. The molecule has 0 N–H and O–H groups in total. The van der Waals surface area contributed by atoms with Crippen LogP contribution in [0, 0.1) is 5.82 Å². The van der Waals surface area contributed by atoms with Gasteiger partial charge < -0.3 is 14.5 Å². The molecule has 0 spiro atoms. The summed E-state index contributed by atoms with van der Waals surface area (Å²) in [6.07, 6.45) is 3.82. The van der Waals surface area contributed by atoms with E-state index in [1.165, 1.54) is 17.0 Å². The van der Waals surface area contributed by atoms with Gasteiger partial charge in [0.15, 0.2) is 0 Å². The van der Waals surface area contributed by atoms with Crippen molar-refractivity contribution in [2.45, 2.75) is 12.6 Å². The van der Waals surface area contributed by atoms with Gasteiger partial charge in [-0.15, -0.1) is 0 Å². The second-order valence-electron chi connectivity index (χ2n) is 7.85. The van der Waals surface area contributed by atoms with E-state index in [0.717, 1.165) is 11.3 Å². The molecule has 4 rings (SSSR count). The molecule has 0 radical (unpaired) electrons. The first-order valence-corrected chi connectivity index (χ1v) is 10.7. The molecule has 0 saturated heterocycles. The topological polar surface area (TPSA) is 49.9 Å². The van der Waals surface area contributed by atoms with E-state index < -0.39 is 0 Å². The lowest BCUT2D eigenvalue weighted by molar-refractivity contribution is -0.134. The number of rotatable bonds is 5. The molecule has 0 aromatic heterocycles. The maximum absolute atomic E-state index is 13.8. The average Bonchev–Trinajstić information content (AvgIpc) is 2.84. The third kappa shape index (κ3) is 5.29. The molecule has 0 saturated carbocycles. The Labute approximate surface area is 192 Å². The quantitative estimate of drug-likeness (QED) is 0.540. The standard InChI is InChI=1S/C27H25FN2O3/c1-33-24-14-12-21(13-15-24)25-11-6-16-29(27(32)22-8-3-2-4-9-22)19-26(31)30(25)18-20-7-5-10-23(28)17-20/h2-15,17,25H,16,18-19H2,1H3/b11-6-. The van der Waals surface area contributed by atoms with Crippen LogP contribution in [0.5, 0.6) is 5.75 Å². The summed E-state index contributed by atoms with van der Waals surface area (Å²) in [5, 5.41) is 0. The zero-order valence-electron chi connectivity index (χ0n) is 18.4. The van der Waals surface area contributed by atoms with Crippen molar-refractivity contribution in [3.05, 3.63) is 114 Å². The zero-order chi connectivity index (χ0) is 23.2. The van der Waals surface area contributed by atoms with Crippen LogP contribution in [0.25, 0.3) is 0 Å². The van der Waals surface area contributed by atoms with Crippen LogP contribution >= 0.6 is 0 Å². The summed E-state index contributed by atoms with van der Waals surface area (Å²) in [5.74, 6) is -0.0588. The number of hydrogen-bond acceptors (Lipinski definition) is 3. The highest BCUT2D eigenvalue weighted by Gasteiger charge is 2.29. The van der Waals surface area contributed by atoms with Gasteiger partial charge in [0.25, 0.3) is 5.91 Å². The van der Waals surface area contributed by atoms with E-state index >= 15 is 0 Å². The largest absolute Gasteiger partial charge is 0.497 e. The van der Waals surface area contributed by atoms with E-state index in [0.29, 0.717) is 17.7 Å². The lowest BCUT2D eigenvalue weighted by Crippen LogP contribution is -2.45. The Morgan fingerprint density at radius 3 is 2.48 bits per heavy atom. The number of benzene rings is 3. The van der Waals surface area contributed by atoms with Crippen LogP contribution < -0.4 is 4.74 Å². The lowest BCUT2D eigenvalue weighted by Gasteiger charge is -2.34. The molecule has 0 fully saturated rings. The Hall–Kier alpha value is -3.93. The molecule has 1 atom stereocenters. The number of halogens is 1. The van der Waals surface area contributed by atoms with Crippen LogP contribution in [0.3, 0.4) is 0 Å². The number of nitrogens with zero attached hydrogens (tertiary/aromatic N) is 2. The van der Waals surface area contributed by atoms with E-state index in [9.17, 15) is 14.0 Å². The maximum Gasteiger partial charge on any atom is 0.254 e. The van der Waals surface area contributed by atoms with Gasteiger partial charge in [-0.2, -0.15) is 0 Å². The number of ether oxygens (including phenoxy) is 1. The molecule has 3 aromatic carbocycles. The fourth-order valence-electron chi connectivity index (χ4n) is 3.92. The number of methoxy groups -OCH3 is 1. The van der Waals surface area contributed by atoms with Gasteiger partial charge >= 0.3 is 0 Å². The van der Waals surface area contributed by atoms with Crippen molar-refractivity contribution in [1.82, 2.24) is 9.80 Å². The third-order valence-electron chi connectivity index (χ3n) is 5.63. The first-order valence-electron chi connectivity index (χ1n) is 10.7. The van der Waals surface area contributed by atoms with Crippen molar-refractivity contribution in [3.63, 3.8) is 0 Å². The molecule has 5 nitrogen and oxygen atoms in total. The van der Waals surface area contributed by atoms with E-state index in [-0.39, 0.29) is 36.8 Å². The fraction of sp³-hybridized carbons (Fsp3) is 0.185. The normalized spacial score (nSPS) is 17.3. The average molecular weight is 445 g/mol. The second kappa shape index (κ2) is 10.1. The molecular formula is C27H25FN2O3. The molecule has 6 heteroatoms. The minimum atomic E-state index is -0.361. The zero-order valence-corrected chi connectivity index (χ0v) is 18.4. The van der Waals surface area contributed by atoms with Gasteiger partial charge in [0, 0.05) is 18.7 Å². The molecule has 1 aliphatic heterocycles. The molecule has 1 unspecified atom stereocenters. The highest BCUT2D eigenvalue weighted by molar-refractivity contribution is 5.96. The maximum atomic E-state index is 13.8. The molecule has 1 heterocycles. The minimum absolute atomic E-state index is 0.0694. The predicted octanol–water partition coefficient (Wildman–Crippen LogP) is 4.62. The molecule has 0 bridgehead atoms. The Morgan fingerprint density at radius 2 is 1.79 bits per heavy atom.